The molecule has 0 aromatic rings. The summed E-state index contributed by atoms with van der Waals surface area (Å²) in [7, 11) is 0. The van der Waals surface area contributed by atoms with Crippen molar-refractivity contribution in [3.63, 3.8) is 0 Å². The second-order valence-electron chi connectivity index (χ2n) is 6.53. The monoisotopic (exact) mass is 305 g/mol. The molecule has 0 aromatic carbocycles. The van der Waals surface area contributed by atoms with Gasteiger partial charge in [-0.25, -0.2) is 0 Å². The third-order valence-electron chi connectivity index (χ3n) is 3.64. The van der Waals surface area contributed by atoms with Crippen molar-refractivity contribution in [3.05, 3.63) is 0 Å². The lowest BCUT2D eigenvalue weighted by Crippen LogP contribution is -2.49. The molecule has 1 rings (SSSR count). The fourth-order valence-corrected chi connectivity index (χ4v) is 2.20. The Morgan fingerprint density at radius 2 is 2.00 bits per heavy atom. The van der Waals surface area contributed by atoms with Crippen molar-refractivity contribution >= 4 is 24.2 Å². The molecule has 0 aromatic heterocycles. The Labute approximate surface area is 128 Å². The zero-order valence-electron chi connectivity index (χ0n) is 12.9. The predicted molar refractivity (Wildman–Crippen MR) is 82.7 cm³/mol. The van der Waals surface area contributed by atoms with E-state index in [1.807, 2.05) is 32.6 Å². The number of nitrogens with one attached hydrogen (secondary N) is 1. The Morgan fingerprint density at radius 3 is 2.50 bits per heavy atom. The maximum atomic E-state index is 12.1. The molecule has 0 bridgehead atoms. The lowest BCUT2D eigenvalue weighted by molar-refractivity contribution is -0.136. The first-order valence-corrected chi connectivity index (χ1v) is 7.03. The van der Waals surface area contributed by atoms with Gasteiger partial charge in [-0.05, 0) is 25.7 Å². The van der Waals surface area contributed by atoms with Gasteiger partial charge in [-0.15, -0.1) is 12.4 Å². The summed E-state index contributed by atoms with van der Waals surface area (Å²) >= 11 is 0. The van der Waals surface area contributed by atoms with E-state index in [1.54, 1.807) is 0 Å². The van der Waals surface area contributed by atoms with E-state index >= 15 is 0 Å². The first-order valence-electron chi connectivity index (χ1n) is 7.03. The van der Waals surface area contributed by atoms with Crippen molar-refractivity contribution in [2.75, 3.05) is 19.6 Å². The van der Waals surface area contributed by atoms with Gasteiger partial charge in [0.15, 0.2) is 0 Å². The number of amides is 2. The van der Waals surface area contributed by atoms with Gasteiger partial charge in [0, 0.05) is 24.5 Å². The van der Waals surface area contributed by atoms with Gasteiger partial charge < -0.3 is 16.0 Å². The average Bonchev–Trinajstić information content (AvgIpc) is 2.34. The molecule has 1 aliphatic rings. The van der Waals surface area contributed by atoms with Crippen molar-refractivity contribution in [3.8, 4) is 0 Å². The Morgan fingerprint density at radius 1 is 1.40 bits per heavy atom. The largest absolute Gasteiger partial charge is 0.347 e. The summed E-state index contributed by atoms with van der Waals surface area (Å²) in [4.78, 5) is 25.6. The van der Waals surface area contributed by atoms with E-state index in [0.717, 1.165) is 19.4 Å². The molecule has 1 aliphatic heterocycles. The van der Waals surface area contributed by atoms with E-state index in [0.29, 0.717) is 12.5 Å². The minimum atomic E-state index is -0.462. The Balaban J connectivity index is 0.00000361. The number of hydrogen-bond donors (Lipinski definition) is 2. The number of nitrogens with two attached hydrogens (primary N) is 1. The molecule has 1 fully saturated rings. The van der Waals surface area contributed by atoms with Crippen molar-refractivity contribution in [1.29, 1.82) is 0 Å². The van der Waals surface area contributed by atoms with Crippen LogP contribution in [-0.4, -0.2) is 42.4 Å². The number of halogens is 1. The third kappa shape index (κ3) is 5.67. The molecule has 2 atom stereocenters. The first kappa shape index (κ1) is 19.2. The summed E-state index contributed by atoms with van der Waals surface area (Å²) in [5.74, 6) is 0.264. The normalized spacial score (nSPS) is 20.9. The molecule has 118 valence electrons. The summed E-state index contributed by atoms with van der Waals surface area (Å²) in [6.45, 7) is 9.05. The molecule has 0 aliphatic carbocycles. The zero-order valence-corrected chi connectivity index (χ0v) is 13.8. The van der Waals surface area contributed by atoms with Crippen LogP contribution >= 0.6 is 12.4 Å². The quantitative estimate of drug-likeness (QED) is 0.821. The fraction of sp³-hybridized carbons (Fsp3) is 0.857. The maximum Gasteiger partial charge on any atom is 0.241 e. The molecule has 1 saturated heterocycles. The highest BCUT2D eigenvalue weighted by Gasteiger charge is 2.27. The molecule has 6 heteroatoms. The predicted octanol–water partition coefficient (Wildman–Crippen LogP) is 1.16. The molecule has 20 heavy (non-hydrogen) atoms. The topological polar surface area (TPSA) is 75.4 Å². The van der Waals surface area contributed by atoms with Crippen molar-refractivity contribution in [2.45, 2.75) is 46.6 Å². The minimum Gasteiger partial charge on any atom is -0.347 e. The van der Waals surface area contributed by atoms with Crippen molar-refractivity contribution < 1.29 is 9.59 Å². The van der Waals surface area contributed by atoms with Crippen LogP contribution in [0.5, 0.6) is 0 Å². The van der Waals surface area contributed by atoms with Crippen LogP contribution in [-0.2, 0) is 9.59 Å². The molecule has 0 radical (unpaired) electrons. The average molecular weight is 306 g/mol. The number of hydrogen-bond acceptors (Lipinski definition) is 3. The van der Waals surface area contributed by atoms with Gasteiger partial charge in [-0.3, -0.25) is 9.59 Å². The highest BCUT2D eigenvalue weighted by atomic mass is 35.5. The van der Waals surface area contributed by atoms with E-state index in [9.17, 15) is 9.59 Å². The van der Waals surface area contributed by atoms with Crippen LogP contribution in [0, 0.1) is 11.3 Å². The minimum absolute atomic E-state index is 0. The van der Waals surface area contributed by atoms with Crippen LogP contribution in [0.2, 0.25) is 0 Å². The lowest BCUT2D eigenvalue weighted by Gasteiger charge is -2.34. The van der Waals surface area contributed by atoms with Crippen molar-refractivity contribution in [1.82, 2.24) is 10.2 Å². The molecule has 1 heterocycles. The maximum absolute atomic E-state index is 12.1. The number of rotatable bonds is 3. The Hall–Kier alpha value is -0.810. The Kier molecular flexibility index (Phi) is 7.52. The van der Waals surface area contributed by atoms with Gasteiger partial charge in [-0.1, -0.05) is 20.8 Å². The summed E-state index contributed by atoms with van der Waals surface area (Å²) in [6.07, 6.45) is 2.07. The summed E-state index contributed by atoms with van der Waals surface area (Å²) in [5, 5.41) is 2.70. The van der Waals surface area contributed by atoms with Crippen LogP contribution < -0.4 is 11.1 Å². The van der Waals surface area contributed by atoms with Gasteiger partial charge in [0.25, 0.3) is 0 Å². The number of likely N-dealkylation sites (tertiary alicyclic amines) is 1. The lowest BCUT2D eigenvalue weighted by atomic mass is 9.92. The van der Waals surface area contributed by atoms with E-state index in [4.69, 9.17) is 5.73 Å². The molecule has 2 amide bonds. The second kappa shape index (κ2) is 7.84. The van der Waals surface area contributed by atoms with Gasteiger partial charge in [0.2, 0.25) is 11.8 Å². The SMILES string of the molecule is CC(N)C1CCCN(C(=O)CNC(=O)C(C)(C)C)C1.Cl. The summed E-state index contributed by atoms with van der Waals surface area (Å²) < 4.78 is 0. The molecule has 0 spiro atoms. The highest BCUT2D eigenvalue weighted by molar-refractivity contribution is 5.87. The van der Waals surface area contributed by atoms with Crippen LogP contribution in [0.3, 0.4) is 0 Å². The number of piperidine rings is 1. The molecular formula is C14H28ClN3O2. The van der Waals surface area contributed by atoms with Gasteiger partial charge in [-0.2, -0.15) is 0 Å². The number of carbonyl (C=O) groups is 2. The number of nitrogens with zero attached hydrogens (tertiary/aromatic N) is 1. The van der Waals surface area contributed by atoms with E-state index in [-0.39, 0.29) is 36.8 Å². The molecule has 5 nitrogen and oxygen atoms in total. The van der Waals surface area contributed by atoms with Crippen LogP contribution in [0.15, 0.2) is 0 Å². The van der Waals surface area contributed by atoms with Gasteiger partial charge in [0.1, 0.15) is 0 Å². The van der Waals surface area contributed by atoms with Gasteiger partial charge in [0.05, 0.1) is 6.54 Å². The first-order chi connectivity index (χ1) is 8.71. The van der Waals surface area contributed by atoms with Crippen LogP contribution in [0.25, 0.3) is 0 Å². The van der Waals surface area contributed by atoms with E-state index < -0.39 is 5.41 Å². The smallest absolute Gasteiger partial charge is 0.241 e. The van der Waals surface area contributed by atoms with Gasteiger partial charge >= 0.3 is 0 Å². The summed E-state index contributed by atoms with van der Waals surface area (Å²) in [5.41, 5.74) is 5.44. The Bertz CT molecular complexity index is 340. The highest BCUT2D eigenvalue weighted by Crippen LogP contribution is 2.18. The number of carbonyl (C=O) groups excluding carboxylic acids is 2. The summed E-state index contributed by atoms with van der Waals surface area (Å²) in [6, 6.07) is 0.111. The molecule has 3 N–H and O–H groups in total. The standard InChI is InChI=1S/C14H27N3O2.ClH/c1-10(15)11-6-5-7-17(9-11)12(18)8-16-13(19)14(2,3)4;/h10-11H,5-9,15H2,1-4H3,(H,16,19);1H. The molecular weight excluding hydrogens is 278 g/mol. The zero-order chi connectivity index (χ0) is 14.6. The molecule has 0 saturated carbocycles. The fourth-order valence-electron chi connectivity index (χ4n) is 2.20. The van der Waals surface area contributed by atoms with E-state index in [2.05, 4.69) is 5.32 Å². The van der Waals surface area contributed by atoms with Crippen molar-refractivity contribution in [2.24, 2.45) is 17.1 Å². The van der Waals surface area contributed by atoms with Crippen LogP contribution in [0.1, 0.15) is 40.5 Å². The second-order valence-corrected chi connectivity index (χ2v) is 6.53. The molecule has 2 unspecified atom stereocenters. The third-order valence-corrected chi connectivity index (χ3v) is 3.64. The van der Waals surface area contributed by atoms with E-state index in [1.165, 1.54) is 0 Å². The van der Waals surface area contributed by atoms with Crippen LogP contribution in [0.4, 0.5) is 0 Å².